The third-order valence-electron chi connectivity index (χ3n) is 3.92. The largest absolute Gasteiger partial charge is 0.467 e. The number of amides is 2. The Kier molecular flexibility index (Phi) is 4.41. The Balaban J connectivity index is 1.56. The van der Waals surface area contributed by atoms with Gasteiger partial charge in [0.1, 0.15) is 11.6 Å². The molecule has 6 heteroatoms. The van der Waals surface area contributed by atoms with E-state index in [1.165, 1.54) is 17.2 Å². The SMILES string of the molecule is O=C(NCc1ccco1)[C@H]1CC(=O)N(Cc2ccccc2F)C1. The van der Waals surface area contributed by atoms with Crippen LogP contribution in [0.4, 0.5) is 4.39 Å². The van der Waals surface area contributed by atoms with Crippen LogP contribution in [0.25, 0.3) is 0 Å². The maximum Gasteiger partial charge on any atom is 0.225 e. The maximum absolute atomic E-state index is 13.7. The maximum atomic E-state index is 13.7. The Morgan fingerprint density at radius 2 is 2.13 bits per heavy atom. The van der Waals surface area contributed by atoms with E-state index in [9.17, 15) is 14.0 Å². The van der Waals surface area contributed by atoms with Crippen LogP contribution in [0.3, 0.4) is 0 Å². The molecule has 1 aromatic carbocycles. The topological polar surface area (TPSA) is 62.6 Å². The second kappa shape index (κ2) is 6.64. The van der Waals surface area contributed by atoms with Crippen LogP contribution in [0.2, 0.25) is 0 Å². The number of hydrogen-bond acceptors (Lipinski definition) is 3. The molecule has 1 aliphatic heterocycles. The molecule has 1 aliphatic rings. The normalized spacial score (nSPS) is 17.5. The van der Waals surface area contributed by atoms with Gasteiger partial charge < -0.3 is 14.6 Å². The van der Waals surface area contributed by atoms with Crippen LogP contribution < -0.4 is 5.32 Å². The van der Waals surface area contributed by atoms with Gasteiger partial charge in [-0.1, -0.05) is 18.2 Å². The van der Waals surface area contributed by atoms with E-state index in [1.807, 2.05) is 0 Å². The van der Waals surface area contributed by atoms with Gasteiger partial charge in [0, 0.05) is 25.1 Å². The fraction of sp³-hybridized carbons (Fsp3) is 0.294. The summed E-state index contributed by atoms with van der Waals surface area (Å²) < 4.78 is 18.8. The van der Waals surface area contributed by atoms with E-state index < -0.39 is 5.92 Å². The van der Waals surface area contributed by atoms with E-state index in [4.69, 9.17) is 4.42 Å². The summed E-state index contributed by atoms with van der Waals surface area (Å²) in [6.07, 6.45) is 1.69. The third kappa shape index (κ3) is 3.59. The Bertz CT molecular complexity index is 700. The Hall–Kier alpha value is -2.63. The lowest BCUT2D eigenvalue weighted by Crippen LogP contribution is -2.32. The number of rotatable bonds is 5. The molecule has 0 unspecified atom stereocenters. The summed E-state index contributed by atoms with van der Waals surface area (Å²) >= 11 is 0. The number of likely N-dealkylation sites (tertiary alicyclic amines) is 1. The lowest BCUT2D eigenvalue weighted by atomic mass is 10.1. The zero-order valence-electron chi connectivity index (χ0n) is 12.5. The first-order valence-corrected chi connectivity index (χ1v) is 7.45. The fourth-order valence-electron chi connectivity index (χ4n) is 2.66. The lowest BCUT2D eigenvalue weighted by Gasteiger charge is -2.17. The summed E-state index contributed by atoms with van der Waals surface area (Å²) in [6, 6.07) is 9.86. The van der Waals surface area contributed by atoms with Crippen molar-refractivity contribution in [1.82, 2.24) is 10.2 Å². The Morgan fingerprint density at radius 1 is 1.30 bits per heavy atom. The van der Waals surface area contributed by atoms with E-state index >= 15 is 0 Å². The molecule has 1 N–H and O–H groups in total. The average molecular weight is 316 g/mol. The molecule has 2 heterocycles. The summed E-state index contributed by atoms with van der Waals surface area (Å²) in [7, 11) is 0. The number of halogens is 1. The van der Waals surface area contributed by atoms with Gasteiger partial charge in [-0.3, -0.25) is 9.59 Å². The average Bonchev–Trinajstić information content (AvgIpc) is 3.18. The first-order chi connectivity index (χ1) is 11.1. The van der Waals surface area contributed by atoms with Crippen molar-refractivity contribution >= 4 is 11.8 Å². The van der Waals surface area contributed by atoms with Gasteiger partial charge in [0.25, 0.3) is 0 Å². The van der Waals surface area contributed by atoms with Crippen molar-refractivity contribution in [3.05, 3.63) is 59.8 Å². The van der Waals surface area contributed by atoms with Crippen LogP contribution >= 0.6 is 0 Å². The number of carbonyl (C=O) groups excluding carboxylic acids is 2. The molecule has 2 amide bonds. The van der Waals surface area contributed by atoms with Gasteiger partial charge >= 0.3 is 0 Å². The summed E-state index contributed by atoms with van der Waals surface area (Å²) in [5.41, 5.74) is 0.456. The molecule has 1 aromatic heterocycles. The number of nitrogens with zero attached hydrogens (tertiary/aromatic N) is 1. The molecule has 23 heavy (non-hydrogen) atoms. The van der Waals surface area contributed by atoms with Crippen molar-refractivity contribution in [2.75, 3.05) is 6.54 Å². The molecule has 0 bridgehead atoms. The van der Waals surface area contributed by atoms with Crippen molar-refractivity contribution < 1.29 is 18.4 Å². The van der Waals surface area contributed by atoms with E-state index in [1.54, 1.807) is 30.3 Å². The fourth-order valence-corrected chi connectivity index (χ4v) is 2.66. The quantitative estimate of drug-likeness (QED) is 0.918. The first-order valence-electron chi connectivity index (χ1n) is 7.45. The summed E-state index contributed by atoms with van der Waals surface area (Å²) in [5, 5.41) is 2.76. The highest BCUT2D eigenvalue weighted by atomic mass is 19.1. The van der Waals surface area contributed by atoms with Crippen molar-refractivity contribution in [3.8, 4) is 0 Å². The Labute approximate surface area is 133 Å². The molecule has 1 fully saturated rings. The zero-order valence-corrected chi connectivity index (χ0v) is 12.5. The van der Waals surface area contributed by atoms with E-state index in [0.717, 1.165) is 0 Å². The van der Waals surface area contributed by atoms with Crippen molar-refractivity contribution in [1.29, 1.82) is 0 Å². The minimum Gasteiger partial charge on any atom is -0.467 e. The van der Waals surface area contributed by atoms with Crippen molar-refractivity contribution in [3.63, 3.8) is 0 Å². The number of benzene rings is 1. The molecule has 0 saturated carbocycles. The highest BCUT2D eigenvalue weighted by Gasteiger charge is 2.34. The minimum atomic E-state index is -0.413. The van der Waals surface area contributed by atoms with Gasteiger partial charge in [0.2, 0.25) is 11.8 Å². The van der Waals surface area contributed by atoms with Gasteiger partial charge in [-0.25, -0.2) is 4.39 Å². The van der Waals surface area contributed by atoms with Gasteiger partial charge in [0.15, 0.2) is 0 Å². The molecule has 0 spiro atoms. The summed E-state index contributed by atoms with van der Waals surface area (Å²) in [5.74, 6) is -0.418. The molecule has 5 nitrogen and oxygen atoms in total. The van der Waals surface area contributed by atoms with Crippen LogP contribution in [-0.2, 0) is 22.7 Å². The Morgan fingerprint density at radius 3 is 2.87 bits per heavy atom. The van der Waals surface area contributed by atoms with Gasteiger partial charge in [0.05, 0.1) is 18.7 Å². The molecule has 120 valence electrons. The highest BCUT2D eigenvalue weighted by molar-refractivity contribution is 5.89. The molecule has 1 atom stereocenters. The smallest absolute Gasteiger partial charge is 0.225 e. The summed E-state index contributed by atoms with van der Waals surface area (Å²) in [4.78, 5) is 25.7. The van der Waals surface area contributed by atoms with Crippen LogP contribution in [-0.4, -0.2) is 23.3 Å². The van der Waals surface area contributed by atoms with E-state index in [2.05, 4.69) is 5.32 Å². The van der Waals surface area contributed by atoms with Gasteiger partial charge in [-0.2, -0.15) is 0 Å². The highest BCUT2D eigenvalue weighted by Crippen LogP contribution is 2.21. The predicted molar refractivity (Wildman–Crippen MR) is 80.5 cm³/mol. The van der Waals surface area contributed by atoms with Crippen LogP contribution in [0.5, 0.6) is 0 Å². The molecular weight excluding hydrogens is 299 g/mol. The van der Waals surface area contributed by atoms with E-state index in [-0.39, 0.29) is 30.6 Å². The number of furan rings is 1. The lowest BCUT2D eigenvalue weighted by molar-refractivity contribution is -0.129. The zero-order chi connectivity index (χ0) is 16.2. The second-order valence-electron chi connectivity index (χ2n) is 5.56. The van der Waals surface area contributed by atoms with E-state index in [0.29, 0.717) is 24.4 Å². The first kappa shape index (κ1) is 15.3. The monoisotopic (exact) mass is 316 g/mol. The van der Waals surface area contributed by atoms with Gasteiger partial charge in [-0.05, 0) is 18.2 Å². The molecule has 0 radical (unpaired) electrons. The standard InChI is InChI=1S/C17H17FN2O3/c18-15-6-2-1-4-12(15)10-20-11-13(8-16(20)21)17(22)19-9-14-5-3-7-23-14/h1-7,13H,8-11H2,(H,19,22)/t13-/m0/s1. The summed E-state index contributed by atoms with van der Waals surface area (Å²) in [6.45, 7) is 0.786. The molecule has 0 aliphatic carbocycles. The third-order valence-corrected chi connectivity index (χ3v) is 3.92. The molecule has 1 saturated heterocycles. The molecule has 2 aromatic rings. The number of nitrogens with one attached hydrogen (secondary N) is 1. The van der Waals surface area contributed by atoms with Crippen molar-refractivity contribution in [2.24, 2.45) is 5.92 Å². The van der Waals surface area contributed by atoms with Crippen molar-refractivity contribution in [2.45, 2.75) is 19.5 Å². The van der Waals surface area contributed by atoms with Crippen LogP contribution in [0, 0.1) is 11.7 Å². The molecule has 3 rings (SSSR count). The van der Waals surface area contributed by atoms with Crippen LogP contribution in [0.1, 0.15) is 17.7 Å². The number of hydrogen-bond donors (Lipinski definition) is 1. The van der Waals surface area contributed by atoms with Gasteiger partial charge in [-0.15, -0.1) is 0 Å². The predicted octanol–water partition coefficient (Wildman–Crippen LogP) is 2.08. The second-order valence-corrected chi connectivity index (χ2v) is 5.56. The molecular formula is C17H17FN2O3. The van der Waals surface area contributed by atoms with Crippen LogP contribution in [0.15, 0.2) is 47.1 Å². The minimum absolute atomic E-state index is 0.133. The number of carbonyl (C=O) groups is 2.